The first-order valence-corrected chi connectivity index (χ1v) is 14.7. The Kier molecular flexibility index (Phi) is 7.78. The van der Waals surface area contributed by atoms with Crippen molar-refractivity contribution < 1.29 is 22.4 Å². The van der Waals surface area contributed by atoms with Crippen LogP contribution in [-0.2, 0) is 32.5 Å². The zero-order valence-corrected chi connectivity index (χ0v) is 23.7. The van der Waals surface area contributed by atoms with Gasteiger partial charge in [-0.1, -0.05) is 43.2 Å². The predicted molar refractivity (Wildman–Crippen MR) is 144 cm³/mol. The molecule has 0 aliphatic heterocycles. The van der Waals surface area contributed by atoms with E-state index in [0.717, 1.165) is 56.1 Å². The molecule has 2 aliphatic rings. The van der Waals surface area contributed by atoms with E-state index in [1.54, 1.807) is 37.6 Å². The van der Waals surface area contributed by atoms with Gasteiger partial charge in [-0.05, 0) is 93.4 Å². The largest absolute Gasteiger partial charge is 0.469 e. The van der Waals surface area contributed by atoms with Crippen molar-refractivity contribution in [2.45, 2.75) is 77.2 Å². The summed E-state index contributed by atoms with van der Waals surface area (Å²) in [5.41, 5.74) is 2.81. The van der Waals surface area contributed by atoms with Crippen molar-refractivity contribution in [2.75, 3.05) is 14.2 Å². The molecule has 202 valence electrons. The second kappa shape index (κ2) is 10.4. The van der Waals surface area contributed by atoms with Crippen molar-refractivity contribution in [1.82, 2.24) is 4.31 Å². The number of sulfonamides is 1. The second-order valence-corrected chi connectivity index (χ2v) is 13.6. The van der Waals surface area contributed by atoms with Gasteiger partial charge in [0.2, 0.25) is 10.0 Å². The lowest BCUT2D eigenvalue weighted by Gasteiger charge is -2.57. The number of hydrogen-bond acceptors (Lipinski definition) is 5. The van der Waals surface area contributed by atoms with E-state index in [0.29, 0.717) is 5.76 Å². The molecule has 6 nitrogen and oxygen atoms in total. The Bertz CT molecular complexity index is 1250. The molecule has 1 aromatic heterocycles. The van der Waals surface area contributed by atoms with Gasteiger partial charge >= 0.3 is 5.97 Å². The number of fused-ring (bicyclic) bond motifs is 1. The number of carbonyl (C=O) groups excluding carboxylic acids is 1. The topological polar surface area (TPSA) is 76.8 Å². The van der Waals surface area contributed by atoms with E-state index in [4.69, 9.17) is 9.15 Å². The summed E-state index contributed by atoms with van der Waals surface area (Å²) in [5, 5.41) is 0. The lowest BCUT2D eigenvalue weighted by molar-refractivity contribution is -0.168. The van der Waals surface area contributed by atoms with Crippen LogP contribution in [0.25, 0.3) is 0 Å². The van der Waals surface area contributed by atoms with Crippen LogP contribution in [0.2, 0.25) is 0 Å². The number of ether oxygens (including phenoxy) is 1. The highest BCUT2D eigenvalue weighted by molar-refractivity contribution is 7.89. The van der Waals surface area contributed by atoms with Crippen LogP contribution < -0.4 is 0 Å². The highest BCUT2D eigenvalue weighted by atomic mass is 32.2. The number of esters is 1. The number of benzene rings is 1. The van der Waals surface area contributed by atoms with Gasteiger partial charge in [0.15, 0.2) is 0 Å². The third-order valence-corrected chi connectivity index (χ3v) is 11.1. The van der Waals surface area contributed by atoms with Gasteiger partial charge in [0.1, 0.15) is 5.76 Å². The fourth-order valence-corrected chi connectivity index (χ4v) is 8.29. The molecule has 0 radical (unpaired) electrons. The number of allylic oxidation sites excluding steroid dienone is 1. The Balaban J connectivity index is 1.50. The molecule has 4 rings (SSSR count). The minimum atomic E-state index is -3.63. The van der Waals surface area contributed by atoms with Crippen LogP contribution in [-0.4, -0.2) is 32.8 Å². The number of nitrogens with zero attached hydrogens (tertiary/aromatic N) is 1. The summed E-state index contributed by atoms with van der Waals surface area (Å²) in [6.07, 6.45) is 8.14. The minimum Gasteiger partial charge on any atom is -0.469 e. The van der Waals surface area contributed by atoms with E-state index in [1.165, 1.54) is 17.0 Å². The van der Waals surface area contributed by atoms with E-state index in [9.17, 15) is 13.2 Å². The van der Waals surface area contributed by atoms with Gasteiger partial charge < -0.3 is 9.15 Å². The molecule has 2 fully saturated rings. The third-order valence-electron chi connectivity index (χ3n) is 9.31. The molecular formula is C30H41NO5S. The molecule has 7 heteroatoms. The standard InChI is InChI=1S/C30H41NO5S/c1-21-8-12-24(13-9-21)37(33,34)31(5)20-26-23(16-19-36-26)11-14-25-22(2)10-15-27-29(25,3)17-7-18-30(27,4)28(32)35-6/h8-9,12-13,16,19,25,27H,2,7,10-11,14-15,17-18,20H2,1,3-6H3/t25-,27-,29+,30-/m0/s1. The number of hydrogen-bond donors (Lipinski definition) is 0. The van der Waals surface area contributed by atoms with E-state index in [-0.39, 0.29) is 34.7 Å². The van der Waals surface area contributed by atoms with E-state index >= 15 is 0 Å². The molecule has 2 saturated carbocycles. The average Bonchev–Trinajstić information content (AvgIpc) is 3.29. The second-order valence-electron chi connectivity index (χ2n) is 11.6. The molecule has 2 aliphatic carbocycles. The van der Waals surface area contributed by atoms with Crippen molar-refractivity contribution in [1.29, 1.82) is 0 Å². The molecule has 4 atom stereocenters. The molecule has 0 spiro atoms. The number of furan rings is 1. The first-order chi connectivity index (χ1) is 17.4. The smallest absolute Gasteiger partial charge is 0.311 e. The summed E-state index contributed by atoms with van der Waals surface area (Å²) in [4.78, 5) is 13.1. The molecular weight excluding hydrogens is 486 g/mol. The van der Waals surface area contributed by atoms with Crippen LogP contribution in [0.5, 0.6) is 0 Å². The molecule has 0 N–H and O–H groups in total. The summed E-state index contributed by atoms with van der Waals surface area (Å²) < 4.78 is 38.6. The molecule has 0 bridgehead atoms. The van der Waals surface area contributed by atoms with Gasteiger partial charge in [0.05, 0.1) is 30.2 Å². The lowest BCUT2D eigenvalue weighted by Crippen LogP contribution is -2.53. The maximum atomic E-state index is 13.1. The summed E-state index contributed by atoms with van der Waals surface area (Å²) in [6, 6.07) is 8.85. The van der Waals surface area contributed by atoms with Gasteiger partial charge in [-0.2, -0.15) is 4.31 Å². The van der Waals surface area contributed by atoms with E-state index in [1.807, 2.05) is 13.0 Å². The Morgan fingerprint density at radius 2 is 1.89 bits per heavy atom. The Morgan fingerprint density at radius 1 is 1.19 bits per heavy atom. The van der Waals surface area contributed by atoms with Crippen LogP contribution in [0.4, 0.5) is 0 Å². The fourth-order valence-electron chi connectivity index (χ4n) is 7.17. The molecule has 37 heavy (non-hydrogen) atoms. The van der Waals surface area contributed by atoms with Crippen molar-refractivity contribution in [3.05, 3.63) is 65.6 Å². The molecule has 1 heterocycles. The normalized spacial score (nSPS) is 28.2. The SMILES string of the molecule is C=C1CC[C@H]2[C@](C)(CCC[C@]2(C)C(=O)OC)[C@H]1CCc1ccoc1CN(C)S(=O)(=O)c1ccc(C)cc1. The van der Waals surface area contributed by atoms with Crippen molar-refractivity contribution in [3.8, 4) is 0 Å². The van der Waals surface area contributed by atoms with Crippen LogP contribution in [0.3, 0.4) is 0 Å². The third kappa shape index (κ3) is 5.05. The maximum absolute atomic E-state index is 13.1. The van der Waals surface area contributed by atoms with Gasteiger partial charge in [0.25, 0.3) is 0 Å². The zero-order valence-electron chi connectivity index (χ0n) is 22.9. The lowest BCUT2D eigenvalue weighted by atomic mass is 9.46. The Morgan fingerprint density at radius 3 is 2.57 bits per heavy atom. The Hall–Kier alpha value is -2.38. The minimum absolute atomic E-state index is 0.0218. The molecule has 0 saturated heterocycles. The highest BCUT2D eigenvalue weighted by Gasteiger charge is 2.57. The highest BCUT2D eigenvalue weighted by Crippen LogP contribution is 2.62. The molecule has 2 aromatic rings. The Labute approximate surface area is 222 Å². The van der Waals surface area contributed by atoms with Gasteiger partial charge in [-0.3, -0.25) is 4.79 Å². The predicted octanol–water partition coefficient (Wildman–Crippen LogP) is 6.29. The first kappa shape index (κ1) is 27.6. The van der Waals surface area contributed by atoms with Crippen LogP contribution in [0.15, 0.2) is 58.1 Å². The fraction of sp³-hybridized carbons (Fsp3) is 0.567. The monoisotopic (exact) mass is 527 g/mol. The van der Waals surface area contributed by atoms with Crippen molar-refractivity contribution >= 4 is 16.0 Å². The summed E-state index contributed by atoms with van der Waals surface area (Å²) in [5.74, 6) is 1.12. The van der Waals surface area contributed by atoms with E-state index in [2.05, 4.69) is 20.4 Å². The van der Waals surface area contributed by atoms with Crippen molar-refractivity contribution in [2.24, 2.45) is 22.7 Å². The summed E-state index contributed by atoms with van der Waals surface area (Å²) in [6.45, 7) is 11.0. The molecule has 0 amide bonds. The van der Waals surface area contributed by atoms with Crippen LogP contribution in [0.1, 0.15) is 69.3 Å². The maximum Gasteiger partial charge on any atom is 0.311 e. The number of carbonyl (C=O) groups is 1. The van der Waals surface area contributed by atoms with Gasteiger partial charge in [-0.25, -0.2) is 8.42 Å². The van der Waals surface area contributed by atoms with E-state index < -0.39 is 15.4 Å². The average molecular weight is 528 g/mol. The number of rotatable bonds is 8. The summed E-state index contributed by atoms with van der Waals surface area (Å²) in [7, 11) is -0.542. The first-order valence-electron chi connectivity index (χ1n) is 13.3. The van der Waals surface area contributed by atoms with Crippen molar-refractivity contribution in [3.63, 3.8) is 0 Å². The molecule has 0 unspecified atom stereocenters. The van der Waals surface area contributed by atoms with Crippen LogP contribution >= 0.6 is 0 Å². The summed E-state index contributed by atoms with van der Waals surface area (Å²) >= 11 is 0. The van der Waals surface area contributed by atoms with Gasteiger partial charge in [-0.15, -0.1) is 0 Å². The number of methoxy groups -OCH3 is 1. The molecule has 1 aromatic carbocycles. The van der Waals surface area contributed by atoms with Crippen LogP contribution in [0, 0.1) is 29.6 Å². The number of aryl methyl sites for hydroxylation is 2. The van der Waals surface area contributed by atoms with Gasteiger partial charge in [0, 0.05) is 7.05 Å². The quantitative estimate of drug-likeness (QED) is 0.298. The zero-order chi connectivity index (χ0) is 27.0.